The Morgan fingerprint density at radius 1 is 1.17 bits per heavy atom. The Hall–Kier alpha value is -2.90. The van der Waals surface area contributed by atoms with Crippen LogP contribution in [0.1, 0.15) is 18.6 Å². The van der Waals surface area contributed by atoms with E-state index in [0.29, 0.717) is 29.5 Å². The average molecular weight is 411 g/mol. The lowest BCUT2D eigenvalue weighted by Crippen LogP contribution is -2.32. The van der Waals surface area contributed by atoms with Gasteiger partial charge in [-0.15, -0.1) is 0 Å². The topological polar surface area (TPSA) is 77.4 Å². The van der Waals surface area contributed by atoms with Gasteiger partial charge in [-0.25, -0.2) is 4.98 Å². The number of fused-ring (bicyclic) bond motifs is 1. The van der Waals surface area contributed by atoms with Gasteiger partial charge in [0.25, 0.3) is 5.71 Å². The summed E-state index contributed by atoms with van der Waals surface area (Å²) in [6.45, 7) is 2.03. The second kappa shape index (κ2) is 7.85. The van der Waals surface area contributed by atoms with Crippen molar-refractivity contribution in [2.75, 3.05) is 18.1 Å². The SMILES string of the molecule is Clc1cccc(-c2noc3ncnc(N(Cc4ccco4)CC4CCCO4)c23)c1. The summed E-state index contributed by atoms with van der Waals surface area (Å²) in [5.74, 6) is 1.58. The monoisotopic (exact) mass is 410 g/mol. The number of nitrogens with zero attached hydrogens (tertiary/aromatic N) is 4. The highest BCUT2D eigenvalue weighted by Gasteiger charge is 2.25. The molecular weight excluding hydrogens is 392 g/mol. The summed E-state index contributed by atoms with van der Waals surface area (Å²) >= 11 is 6.19. The minimum absolute atomic E-state index is 0.143. The van der Waals surface area contributed by atoms with E-state index < -0.39 is 0 Å². The van der Waals surface area contributed by atoms with Crippen molar-refractivity contribution in [2.45, 2.75) is 25.5 Å². The van der Waals surface area contributed by atoms with E-state index in [9.17, 15) is 0 Å². The van der Waals surface area contributed by atoms with Gasteiger partial charge in [0.15, 0.2) is 0 Å². The van der Waals surface area contributed by atoms with Gasteiger partial charge < -0.3 is 18.6 Å². The zero-order valence-corrected chi connectivity index (χ0v) is 16.4. The van der Waals surface area contributed by atoms with Crippen molar-refractivity contribution in [3.05, 3.63) is 59.8 Å². The Labute approximate surface area is 172 Å². The van der Waals surface area contributed by atoms with E-state index in [2.05, 4.69) is 20.0 Å². The predicted octanol–water partition coefficient (Wildman–Crippen LogP) is 4.72. The molecule has 0 radical (unpaired) electrons. The number of ether oxygens (including phenoxy) is 1. The minimum Gasteiger partial charge on any atom is -0.467 e. The molecule has 0 saturated carbocycles. The van der Waals surface area contributed by atoms with Crippen molar-refractivity contribution in [3.63, 3.8) is 0 Å². The van der Waals surface area contributed by atoms with Crippen molar-refractivity contribution in [3.8, 4) is 11.3 Å². The molecule has 29 heavy (non-hydrogen) atoms. The molecule has 1 aliphatic heterocycles. The van der Waals surface area contributed by atoms with E-state index in [-0.39, 0.29) is 6.10 Å². The molecule has 1 aliphatic rings. The maximum Gasteiger partial charge on any atom is 0.263 e. The normalized spacial score (nSPS) is 16.5. The number of rotatable bonds is 6. The summed E-state index contributed by atoms with van der Waals surface area (Å²) < 4.78 is 17.0. The molecule has 1 aromatic carbocycles. The largest absolute Gasteiger partial charge is 0.467 e. The van der Waals surface area contributed by atoms with Gasteiger partial charge >= 0.3 is 0 Å². The number of anilines is 1. The van der Waals surface area contributed by atoms with Crippen LogP contribution in [0.25, 0.3) is 22.4 Å². The molecule has 0 aliphatic carbocycles. The predicted molar refractivity (Wildman–Crippen MR) is 109 cm³/mol. The van der Waals surface area contributed by atoms with Crippen LogP contribution in [0, 0.1) is 0 Å². The zero-order valence-electron chi connectivity index (χ0n) is 15.6. The Balaban J connectivity index is 1.60. The Morgan fingerprint density at radius 3 is 2.93 bits per heavy atom. The first kappa shape index (κ1) is 18.1. The lowest BCUT2D eigenvalue weighted by Gasteiger charge is -2.26. The van der Waals surface area contributed by atoms with Gasteiger partial charge in [-0.05, 0) is 37.1 Å². The first-order chi connectivity index (χ1) is 14.3. The van der Waals surface area contributed by atoms with Crippen LogP contribution >= 0.6 is 11.6 Å². The molecule has 4 aromatic rings. The molecule has 148 valence electrons. The van der Waals surface area contributed by atoms with E-state index in [1.807, 2.05) is 36.4 Å². The zero-order chi connectivity index (χ0) is 19.6. The number of aromatic nitrogens is 3. The molecule has 0 N–H and O–H groups in total. The van der Waals surface area contributed by atoms with Crippen LogP contribution in [-0.2, 0) is 11.3 Å². The van der Waals surface area contributed by atoms with E-state index in [1.165, 1.54) is 6.33 Å². The highest BCUT2D eigenvalue weighted by molar-refractivity contribution is 6.30. The second-order valence-corrected chi connectivity index (χ2v) is 7.45. The summed E-state index contributed by atoms with van der Waals surface area (Å²) in [5.41, 5.74) is 1.94. The van der Waals surface area contributed by atoms with Crippen molar-refractivity contribution >= 4 is 28.5 Å². The third kappa shape index (κ3) is 3.71. The molecule has 1 unspecified atom stereocenters. The first-order valence-corrected chi connectivity index (χ1v) is 9.91. The fourth-order valence-corrected chi connectivity index (χ4v) is 3.89. The smallest absolute Gasteiger partial charge is 0.263 e. The van der Waals surface area contributed by atoms with Crippen molar-refractivity contribution in [1.82, 2.24) is 15.1 Å². The lowest BCUT2D eigenvalue weighted by molar-refractivity contribution is 0.115. The molecule has 7 nitrogen and oxygen atoms in total. The Kier molecular flexibility index (Phi) is 4.91. The molecule has 4 heterocycles. The Morgan fingerprint density at radius 2 is 2.14 bits per heavy atom. The van der Waals surface area contributed by atoms with Crippen molar-refractivity contribution in [2.24, 2.45) is 0 Å². The quantitative estimate of drug-likeness (QED) is 0.455. The summed E-state index contributed by atoms with van der Waals surface area (Å²) in [5, 5.41) is 5.64. The number of hydrogen-bond donors (Lipinski definition) is 0. The number of hydrogen-bond acceptors (Lipinski definition) is 7. The van der Waals surface area contributed by atoms with Gasteiger partial charge in [0.1, 0.15) is 29.0 Å². The molecule has 1 atom stereocenters. The molecular formula is C21H19ClN4O3. The summed E-state index contributed by atoms with van der Waals surface area (Å²) in [6, 6.07) is 11.3. The molecule has 1 fully saturated rings. The molecule has 0 amide bonds. The minimum atomic E-state index is 0.143. The van der Waals surface area contributed by atoms with Gasteiger partial charge in [-0.2, -0.15) is 4.98 Å². The fourth-order valence-electron chi connectivity index (χ4n) is 3.69. The summed E-state index contributed by atoms with van der Waals surface area (Å²) in [4.78, 5) is 11.0. The van der Waals surface area contributed by atoms with E-state index in [1.54, 1.807) is 6.26 Å². The molecule has 3 aromatic heterocycles. The average Bonchev–Trinajstić information content (AvgIpc) is 3.49. The van der Waals surface area contributed by atoms with Gasteiger partial charge in [0.2, 0.25) is 0 Å². The second-order valence-electron chi connectivity index (χ2n) is 7.01. The number of benzene rings is 1. The molecule has 0 bridgehead atoms. The van der Waals surface area contributed by atoms with Gasteiger partial charge in [-0.1, -0.05) is 28.9 Å². The van der Waals surface area contributed by atoms with E-state index >= 15 is 0 Å². The third-order valence-electron chi connectivity index (χ3n) is 5.03. The molecule has 5 rings (SSSR count). The van der Waals surface area contributed by atoms with E-state index in [0.717, 1.165) is 42.0 Å². The number of halogens is 1. The van der Waals surface area contributed by atoms with Gasteiger partial charge in [-0.3, -0.25) is 0 Å². The van der Waals surface area contributed by atoms with Crippen molar-refractivity contribution < 1.29 is 13.7 Å². The van der Waals surface area contributed by atoms with Crippen LogP contribution in [-0.4, -0.2) is 34.4 Å². The third-order valence-corrected chi connectivity index (χ3v) is 5.26. The summed E-state index contributed by atoms with van der Waals surface area (Å²) in [7, 11) is 0. The maximum atomic E-state index is 6.19. The molecule has 1 saturated heterocycles. The van der Waals surface area contributed by atoms with E-state index in [4.69, 9.17) is 25.3 Å². The van der Waals surface area contributed by atoms with Crippen molar-refractivity contribution in [1.29, 1.82) is 0 Å². The maximum absolute atomic E-state index is 6.19. The highest BCUT2D eigenvalue weighted by atomic mass is 35.5. The first-order valence-electron chi connectivity index (χ1n) is 9.53. The lowest BCUT2D eigenvalue weighted by atomic mass is 10.1. The highest BCUT2D eigenvalue weighted by Crippen LogP contribution is 2.35. The van der Waals surface area contributed by atoms with Crippen LogP contribution in [0.3, 0.4) is 0 Å². The van der Waals surface area contributed by atoms with Crippen LogP contribution in [0.4, 0.5) is 5.82 Å². The van der Waals surface area contributed by atoms with Crippen LogP contribution in [0.5, 0.6) is 0 Å². The Bertz CT molecular complexity index is 1110. The molecule has 0 spiro atoms. The van der Waals surface area contributed by atoms with Crippen LogP contribution in [0.2, 0.25) is 5.02 Å². The van der Waals surface area contributed by atoms with Gasteiger partial charge in [0.05, 0.1) is 18.9 Å². The van der Waals surface area contributed by atoms with Crippen LogP contribution in [0.15, 0.2) is 57.9 Å². The number of furan rings is 1. The standard InChI is InChI=1S/C21H19ClN4O3/c22-15-5-1-4-14(10-15)19-18-20(23-13-24-21(18)29-25-19)26(11-16-6-2-8-27-16)12-17-7-3-9-28-17/h1-2,4-6,8,10,13,17H,3,7,9,11-12H2. The van der Waals surface area contributed by atoms with Crippen LogP contribution < -0.4 is 4.90 Å². The summed E-state index contributed by atoms with van der Waals surface area (Å²) in [6.07, 6.45) is 5.40. The molecule has 8 heteroatoms. The fraction of sp³-hybridized carbons (Fsp3) is 0.286. The van der Waals surface area contributed by atoms with Gasteiger partial charge in [0, 0.05) is 23.7 Å².